The average molecular weight is 164 g/mol. The molecule has 1 fully saturated rings. The maximum absolute atomic E-state index is 11.4. The minimum Gasteiger partial charge on any atom is -0.300 e. The molecule has 1 nitrogen and oxygen atoms in total. The number of Topliss-reactive ketones (excluding diaryl/α,β-unsaturated/α-hetero) is 1. The summed E-state index contributed by atoms with van der Waals surface area (Å²) in [5.74, 6) is 0.462. The first-order valence-electron chi connectivity index (χ1n) is 4.73. The predicted octanol–water partition coefficient (Wildman–Crippen LogP) is 2.71. The van der Waals surface area contributed by atoms with Crippen LogP contribution in [0, 0.1) is 10.8 Å². The second-order valence-electron chi connectivity index (χ2n) is 4.89. The summed E-state index contributed by atoms with van der Waals surface area (Å²) in [4.78, 5) is 11.4. The van der Waals surface area contributed by atoms with Crippen LogP contribution in [0.1, 0.15) is 39.5 Å². The van der Waals surface area contributed by atoms with Crippen molar-refractivity contribution in [2.45, 2.75) is 39.5 Å². The van der Waals surface area contributed by atoms with Crippen molar-refractivity contribution in [3.63, 3.8) is 0 Å². The average Bonchev–Trinajstić information content (AvgIpc) is 2.18. The van der Waals surface area contributed by atoms with Gasteiger partial charge in [-0.25, -0.2) is 0 Å². The van der Waals surface area contributed by atoms with E-state index in [9.17, 15) is 4.79 Å². The van der Waals surface area contributed by atoms with Gasteiger partial charge < -0.3 is 0 Å². The van der Waals surface area contributed by atoms with E-state index in [1.165, 1.54) is 0 Å². The summed E-state index contributed by atoms with van der Waals surface area (Å²) in [7, 11) is 0. The van der Waals surface area contributed by atoms with Crippen LogP contribution in [-0.4, -0.2) is 5.78 Å². The van der Waals surface area contributed by atoms with Crippen LogP contribution in [0.4, 0.5) is 0 Å². The van der Waals surface area contributed by atoms with Gasteiger partial charge in [0, 0.05) is 12.8 Å². The Hall–Kier alpha value is -0.590. The fraction of sp³-hybridized carbons (Fsp3) is 0.727. The minimum atomic E-state index is 0.263. The lowest BCUT2D eigenvalue weighted by Gasteiger charge is -2.42. The Labute approximate surface area is 73.8 Å². The molecule has 12 heavy (non-hydrogen) atoms. The van der Waals surface area contributed by atoms with Gasteiger partial charge in [0.25, 0.3) is 0 Å². The van der Waals surface area contributed by atoms with Crippen LogP contribution < -0.4 is 0 Å². The molecule has 0 spiro atoms. The van der Waals surface area contributed by atoms with E-state index >= 15 is 0 Å². The zero-order chi connectivity index (χ0) is 8.82. The fourth-order valence-electron chi connectivity index (χ4n) is 2.68. The summed E-state index contributed by atoms with van der Waals surface area (Å²) in [6.45, 7) is 4.53. The number of carbonyl (C=O) groups is 1. The maximum Gasteiger partial charge on any atom is 0.134 e. The van der Waals surface area contributed by atoms with Crippen molar-refractivity contribution < 1.29 is 4.79 Å². The van der Waals surface area contributed by atoms with E-state index in [1.54, 1.807) is 0 Å². The summed E-state index contributed by atoms with van der Waals surface area (Å²) < 4.78 is 0. The SMILES string of the molecule is C[C@@]12CC=CC[C@]1(C)CC(=O)C2. The van der Waals surface area contributed by atoms with Gasteiger partial charge in [-0.3, -0.25) is 4.79 Å². The lowest BCUT2D eigenvalue weighted by molar-refractivity contribution is -0.118. The second-order valence-corrected chi connectivity index (χ2v) is 4.89. The number of rotatable bonds is 0. The molecule has 1 heteroatoms. The summed E-state index contributed by atoms with van der Waals surface area (Å²) >= 11 is 0. The smallest absolute Gasteiger partial charge is 0.134 e. The highest BCUT2D eigenvalue weighted by Crippen LogP contribution is 2.57. The molecule has 66 valence electrons. The van der Waals surface area contributed by atoms with Crippen LogP contribution in [0.5, 0.6) is 0 Å². The monoisotopic (exact) mass is 164 g/mol. The molecule has 0 radical (unpaired) electrons. The third-order valence-corrected chi connectivity index (χ3v) is 3.94. The van der Waals surface area contributed by atoms with Crippen LogP contribution in [0.15, 0.2) is 12.2 Å². The van der Waals surface area contributed by atoms with E-state index in [4.69, 9.17) is 0 Å². The summed E-state index contributed by atoms with van der Waals surface area (Å²) in [5.41, 5.74) is 0.525. The molecule has 2 atom stereocenters. The first-order chi connectivity index (χ1) is 5.56. The van der Waals surface area contributed by atoms with Crippen LogP contribution in [0.3, 0.4) is 0 Å². The van der Waals surface area contributed by atoms with E-state index in [2.05, 4.69) is 26.0 Å². The van der Waals surface area contributed by atoms with Gasteiger partial charge in [0.2, 0.25) is 0 Å². The molecule has 0 aromatic carbocycles. The zero-order valence-electron chi connectivity index (χ0n) is 7.89. The Balaban J connectivity index is 2.37. The molecule has 2 rings (SSSR count). The Morgan fingerprint density at radius 3 is 1.92 bits per heavy atom. The lowest BCUT2D eigenvalue weighted by Crippen LogP contribution is -2.33. The van der Waals surface area contributed by atoms with Crippen molar-refractivity contribution in [1.82, 2.24) is 0 Å². The molecule has 2 aliphatic rings. The van der Waals surface area contributed by atoms with E-state index < -0.39 is 0 Å². The van der Waals surface area contributed by atoms with Gasteiger partial charge in [-0.1, -0.05) is 26.0 Å². The van der Waals surface area contributed by atoms with Crippen molar-refractivity contribution in [3.05, 3.63) is 12.2 Å². The largest absolute Gasteiger partial charge is 0.300 e. The normalized spacial score (nSPS) is 46.3. The highest BCUT2D eigenvalue weighted by molar-refractivity contribution is 5.83. The highest BCUT2D eigenvalue weighted by Gasteiger charge is 2.51. The number of allylic oxidation sites excluding steroid dienone is 2. The molecule has 0 heterocycles. The second kappa shape index (κ2) is 2.21. The van der Waals surface area contributed by atoms with E-state index in [0.717, 1.165) is 25.7 Å². The van der Waals surface area contributed by atoms with E-state index in [-0.39, 0.29) is 10.8 Å². The van der Waals surface area contributed by atoms with E-state index in [0.29, 0.717) is 5.78 Å². The number of hydrogen-bond donors (Lipinski definition) is 0. The first kappa shape index (κ1) is 8.03. The number of fused-ring (bicyclic) bond motifs is 1. The summed E-state index contributed by atoms with van der Waals surface area (Å²) in [5, 5.41) is 0. The van der Waals surface area contributed by atoms with Gasteiger partial charge in [0.15, 0.2) is 0 Å². The molecule has 0 N–H and O–H groups in total. The van der Waals surface area contributed by atoms with Crippen molar-refractivity contribution in [2.75, 3.05) is 0 Å². The predicted molar refractivity (Wildman–Crippen MR) is 48.8 cm³/mol. The lowest BCUT2D eigenvalue weighted by atomic mass is 9.62. The number of carbonyl (C=O) groups excluding carboxylic acids is 1. The van der Waals surface area contributed by atoms with Crippen LogP contribution >= 0.6 is 0 Å². The van der Waals surface area contributed by atoms with Crippen LogP contribution in [-0.2, 0) is 4.79 Å². The summed E-state index contributed by atoms with van der Waals surface area (Å²) in [6.07, 6.45) is 8.26. The molecule has 0 bridgehead atoms. The molecular weight excluding hydrogens is 148 g/mol. The Morgan fingerprint density at radius 2 is 1.50 bits per heavy atom. The van der Waals surface area contributed by atoms with Gasteiger partial charge in [-0.15, -0.1) is 0 Å². The van der Waals surface area contributed by atoms with Crippen molar-refractivity contribution in [2.24, 2.45) is 10.8 Å². The Morgan fingerprint density at radius 1 is 1.08 bits per heavy atom. The standard InChI is InChI=1S/C11H16O/c1-10-5-3-4-6-11(10,2)8-9(12)7-10/h3-4H,5-8H2,1-2H3/t10-,11+. The molecule has 0 aromatic rings. The quantitative estimate of drug-likeness (QED) is 0.503. The third kappa shape index (κ3) is 0.886. The number of hydrogen-bond acceptors (Lipinski definition) is 1. The molecule has 0 unspecified atom stereocenters. The van der Waals surface area contributed by atoms with Gasteiger partial charge in [-0.05, 0) is 23.7 Å². The molecule has 1 saturated carbocycles. The molecule has 2 aliphatic carbocycles. The molecule has 0 saturated heterocycles. The molecule has 0 aromatic heterocycles. The fourth-order valence-corrected chi connectivity index (χ4v) is 2.68. The van der Waals surface area contributed by atoms with Crippen molar-refractivity contribution >= 4 is 5.78 Å². The Kier molecular flexibility index (Phi) is 1.48. The highest BCUT2D eigenvalue weighted by atomic mass is 16.1. The van der Waals surface area contributed by atoms with Gasteiger partial charge in [0.05, 0.1) is 0 Å². The summed E-state index contributed by atoms with van der Waals surface area (Å²) in [6, 6.07) is 0. The van der Waals surface area contributed by atoms with Gasteiger partial charge >= 0.3 is 0 Å². The van der Waals surface area contributed by atoms with Crippen LogP contribution in [0.25, 0.3) is 0 Å². The van der Waals surface area contributed by atoms with Crippen molar-refractivity contribution in [3.8, 4) is 0 Å². The van der Waals surface area contributed by atoms with Crippen molar-refractivity contribution in [1.29, 1.82) is 0 Å². The first-order valence-corrected chi connectivity index (χ1v) is 4.73. The van der Waals surface area contributed by atoms with Crippen LogP contribution in [0.2, 0.25) is 0 Å². The third-order valence-electron chi connectivity index (χ3n) is 3.94. The Bertz CT molecular complexity index is 230. The molecule has 0 aliphatic heterocycles. The zero-order valence-corrected chi connectivity index (χ0v) is 7.89. The van der Waals surface area contributed by atoms with E-state index in [1.807, 2.05) is 0 Å². The topological polar surface area (TPSA) is 17.1 Å². The minimum absolute atomic E-state index is 0.263. The number of ketones is 1. The van der Waals surface area contributed by atoms with Gasteiger partial charge in [0.1, 0.15) is 5.78 Å². The molecule has 0 amide bonds. The molecular formula is C11H16O. The maximum atomic E-state index is 11.4. The van der Waals surface area contributed by atoms with Gasteiger partial charge in [-0.2, -0.15) is 0 Å².